The van der Waals surface area contributed by atoms with Gasteiger partial charge in [-0.2, -0.15) is 0 Å². The van der Waals surface area contributed by atoms with Crippen molar-refractivity contribution in [2.24, 2.45) is 0 Å². The number of hydrogen-bond acceptors (Lipinski definition) is 8. The third kappa shape index (κ3) is 6.95. The molecule has 0 unspecified atom stereocenters. The first kappa shape index (κ1) is 36.8. The molecule has 5 aromatic carbocycles. The van der Waals surface area contributed by atoms with E-state index in [1.54, 1.807) is 30.7 Å². The molecule has 0 radical (unpaired) electrons. The van der Waals surface area contributed by atoms with Crippen molar-refractivity contribution in [3.8, 4) is 5.69 Å². The van der Waals surface area contributed by atoms with Crippen LogP contribution in [0, 0.1) is 0 Å². The fourth-order valence-corrected chi connectivity index (χ4v) is 7.93. The van der Waals surface area contributed by atoms with Crippen LogP contribution in [0.25, 0.3) is 27.2 Å². The van der Waals surface area contributed by atoms with E-state index < -0.39 is 0 Å². The van der Waals surface area contributed by atoms with Gasteiger partial charge in [0.25, 0.3) is 23.6 Å². The minimum absolute atomic E-state index is 0.131. The van der Waals surface area contributed by atoms with Crippen molar-refractivity contribution in [2.45, 2.75) is 32.8 Å². The summed E-state index contributed by atoms with van der Waals surface area (Å²) in [4.78, 5) is 64.0. The Bertz CT molecular complexity index is 2400. The molecule has 6 aromatic rings. The molecule has 8 rings (SSSR count). The number of ether oxygens (including phenoxy) is 1. The lowest BCUT2D eigenvalue weighted by Gasteiger charge is -2.31. The van der Waals surface area contributed by atoms with Crippen LogP contribution in [0.1, 0.15) is 67.3 Å². The molecule has 0 fully saturated rings. The predicted molar refractivity (Wildman–Crippen MR) is 217 cm³/mol. The summed E-state index contributed by atoms with van der Waals surface area (Å²) < 4.78 is 7.64. The second kappa shape index (κ2) is 15.9. The van der Waals surface area contributed by atoms with Crippen LogP contribution in [0.15, 0.2) is 110 Å². The molecule has 2 aliphatic rings. The SMILES string of the molecule is CC(C)OCCc1ccc2c3c(cccc13)C(=O)N(CCNCCCN(CCN1C(=O)c3cccc4c(-n5ccnc5)ccc(c34)C1=O)c1ccccc1)C2=O. The minimum atomic E-state index is -0.303. The summed E-state index contributed by atoms with van der Waals surface area (Å²) in [6.45, 7) is 7.25. The molecule has 2 aliphatic heterocycles. The van der Waals surface area contributed by atoms with Gasteiger partial charge in [-0.1, -0.05) is 48.5 Å². The number of para-hydroxylation sites is 1. The lowest BCUT2D eigenvalue weighted by Crippen LogP contribution is -2.45. The molecule has 0 spiro atoms. The van der Waals surface area contributed by atoms with Crippen molar-refractivity contribution in [2.75, 3.05) is 50.8 Å². The minimum Gasteiger partial charge on any atom is -0.378 e. The molecule has 56 heavy (non-hydrogen) atoms. The summed E-state index contributed by atoms with van der Waals surface area (Å²) in [7, 11) is 0. The summed E-state index contributed by atoms with van der Waals surface area (Å²) in [6, 6.07) is 28.7. The van der Waals surface area contributed by atoms with E-state index in [1.165, 1.54) is 9.80 Å². The number of amides is 4. The van der Waals surface area contributed by atoms with Crippen molar-refractivity contribution in [1.29, 1.82) is 0 Å². The van der Waals surface area contributed by atoms with Crippen LogP contribution in [0.5, 0.6) is 0 Å². The van der Waals surface area contributed by atoms with E-state index in [0.717, 1.165) is 39.5 Å². The van der Waals surface area contributed by atoms with Crippen molar-refractivity contribution < 1.29 is 23.9 Å². The molecule has 11 heteroatoms. The average Bonchev–Trinajstić information content (AvgIpc) is 3.76. The molecule has 4 amide bonds. The molecule has 0 saturated heterocycles. The zero-order chi connectivity index (χ0) is 38.8. The third-order valence-corrected chi connectivity index (χ3v) is 10.7. The van der Waals surface area contributed by atoms with Crippen LogP contribution >= 0.6 is 0 Å². The fourth-order valence-electron chi connectivity index (χ4n) is 7.93. The molecule has 0 atom stereocenters. The highest BCUT2D eigenvalue weighted by Gasteiger charge is 2.34. The predicted octanol–water partition coefficient (Wildman–Crippen LogP) is 6.52. The van der Waals surface area contributed by atoms with Crippen molar-refractivity contribution in [1.82, 2.24) is 24.7 Å². The van der Waals surface area contributed by atoms with E-state index in [2.05, 4.69) is 15.2 Å². The lowest BCUT2D eigenvalue weighted by molar-refractivity contribution is 0.0598. The molecule has 1 aromatic heterocycles. The first-order valence-electron chi connectivity index (χ1n) is 19.2. The second-order valence-electron chi connectivity index (χ2n) is 14.5. The topological polar surface area (TPSA) is 117 Å². The monoisotopic (exact) mass is 748 g/mol. The summed E-state index contributed by atoms with van der Waals surface area (Å²) in [5.74, 6) is -1.16. The number of aromatic nitrogens is 2. The molecular formula is C45H44N6O5. The maximum atomic E-state index is 13.9. The normalized spacial score (nSPS) is 13.8. The first-order valence-corrected chi connectivity index (χ1v) is 19.2. The van der Waals surface area contributed by atoms with Gasteiger partial charge in [-0.25, -0.2) is 4.98 Å². The summed E-state index contributed by atoms with van der Waals surface area (Å²) in [5, 5.41) is 6.56. The summed E-state index contributed by atoms with van der Waals surface area (Å²) >= 11 is 0. The zero-order valence-electron chi connectivity index (χ0n) is 31.6. The molecule has 0 aliphatic carbocycles. The van der Waals surface area contributed by atoms with Crippen LogP contribution in [0.4, 0.5) is 5.69 Å². The van der Waals surface area contributed by atoms with Crippen molar-refractivity contribution >= 4 is 50.9 Å². The van der Waals surface area contributed by atoms with Crippen molar-refractivity contribution in [3.63, 3.8) is 0 Å². The number of nitrogens with zero attached hydrogens (tertiary/aromatic N) is 5. The van der Waals surface area contributed by atoms with E-state index in [-0.39, 0.29) is 42.8 Å². The Morgan fingerprint density at radius 1 is 0.679 bits per heavy atom. The van der Waals surface area contributed by atoms with Crippen LogP contribution < -0.4 is 10.2 Å². The number of imide groups is 2. The number of rotatable bonds is 16. The Morgan fingerprint density at radius 3 is 2.00 bits per heavy atom. The smallest absolute Gasteiger partial charge is 0.261 e. The highest BCUT2D eigenvalue weighted by molar-refractivity contribution is 6.27. The number of benzene rings is 5. The van der Waals surface area contributed by atoms with E-state index in [1.807, 2.05) is 97.4 Å². The van der Waals surface area contributed by atoms with Crippen LogP contribution in [0.2, 0.25) is 0 Å². The Kier molecular flexibility index (Phi) is 10.4. The zero-order valence-corrected chi connectivity index (χ0v) is 31.6. The Morgan fingerprint density at radius 2 is 1.32 bits per heavy atom. The Hall–Kier alpha value is -6.17. The van der Waals surface area contributed by atoms with Gasteiger partial charge in [-0.3, -0.25) is 29.0 Å². The molecule has 3 heterocycles. The lowest BCUT2D eigenvalue weighted by atomic mass is 9.90. The molecular weight excluding hydrogens is 705 g/mol. The van der Waals surface area contributed by atoms with Gasteiger partial charge in [-0.15, -0.1) is 0 Å². The van der Waals surface area contributed by atoms with Crippen LogP contribution in [-0.4, -0.2) is 95.0 Å². The highest BCUT2D eigenvalue weighted by atomic mass is 16.5. The number of carbonyl (C=O) groups excluding carboxylic acids is 4. The molecule has 0 saturated carbocycles. The Balaban J connectivity index is 0.885. The van der Waals surface area contributed by atoms with E-state index in [0.29, 0.717) is 66.8 Å². The maximum Gasteiger partial charge on any atom is 0.261 e. The number of anilines is 1. The Labute approximate surface area is 325 Å². The van der Waals surface area contributed by atoms with Crippen molar-refractivity contribution in [3.05, 3.63) is 138 Å². The van der Waals surface area contributed by atoms with Gasteiger partial charge in [0.1, 0.15) is 0 Å². The van der Waals surface area contributed by atoms with Crippen LogP contribution in [-0.2, 0) is 11.2 Å². The number of imidazole rings is 1. The van der Waals surface area contributed by atoms with Gasteiger partial charge >= 0.3 is 0 Å². The van der Waals surface area contributed by atoms with Gasteiger partial charge in [0, 0.05) is 89.2 Å². The molecule has 284 valence electrons. The average molecular weight is 749 g/mol. The standard InChI is InChI=1S/C45H44N6O5/c1-30(2)56-28-19-31-15-16-37-40-33(31)11-6-13-35(40)42(52)50(44(37)54)25-22-46-20-8-23-48(32-9-4-3-5-10-32)26-27-51-43(53)36-14-7-12-34-39(49-24-21-47-29-49)18-17-38(41(34)36)45(51)55/h3-7,9-18,21,24,29-30,46H,8,19-20,22-23,25-28H2,1-2H3. The first-order chi connectivity index (χ1) is 27.3. The van der Waals surface area contributed by atoms with Crippen LogP contribution in [0.3, 0.4) is 0 Å². The van der Waals surface area contributed by atoms with E-state index in [4.69, 9.17) is 4.74 Å². The largest absolute Gasteiger partial charge is 0.378 e. The molecule has 1 N–H and O–H groups in total. The number of nitrogens with one attached hydrogen (secondary N) is 1. The van der Waals surface area contributed by atoms with E-state index >= 15 is 0 Å². The molecule has 11 nitrogen and oxygen atoms in total. The quantitative estimate of drug-likeness (QED) is 0.0879. The third-order valence-electron chi connectivity index (χ3n) is 10.7. The highest BCUT2D eigenvalue weighted by Crippen LogP contribution is 2.35. The summed E-state index contributed by atoms with van der Waals surface area (Å²) in [5.41, 5.74) is 5.03. The molecule has 0 bridgehead atoms. The van der Waals surface area contributed by atoms with Gasteiger partial charge in [0.05, 0.1) is 24.7 Å². The second-order valence-corrected chi connectivity index (χ2v) is 14.5. The van der Waals surface area contributed by atoms with Gasteiger partial charge in [-0.05, 0) is 86.6 Å². The van der Waals surface area contributed by atoms with Gasteiger partial charge in [0.15, 0.2) is 0 Å². The van der Waals surface area contributed by atoms with Gasteiger partial charge in [0.2, 0.25) is 0 Å². The summed E-state index contributed by atoms with van der Waals surface area (Å²) in [6.07, 6.45) is 6.82. The number of hydrogen-bond donors (Lipinski definition) is 1. The van der Waals surface area contributed by atoms with Gasteiger partial charge < -0.3 is 19.5 Å². The fraction of sp³-hybridized carbons (Fsp3) is 0.267. The number of carbonyl (C=O) groups is 4. The maximum absolute atomic E-state index is 13.9. The van der Waals surface area contributed by atoms with E-state index in [9.17, 15) is 19.2 Å².